The van der Waals surface area contributed by atoms with Crippen LogP contribution in [0.4, 0.5) is 0 Å². The van der Waals surface area contributed by atoms with Crippen LogP contribution in [-0.4, -0.2) is 99.5 Å². The zero-order valence-electron chi connectivity index (χ0n) is 26.0. The molecule has 2 aliphatic rings. The van der Waals surface area contributed by atoms with Crippen LogP contribution in [0.15, 0.2) is 69.9 Å². The molecule has 0 bridgehead atoms. The highest BCUT2D eigenvalue weighted by atomic mass is 16.7. The van der Waals surface area contributed by atoms with Crippen LogP contribution >= 0.6 is 0 Å². The van der Waals surface area contributed by atoms with E-state index in [1.165, 1.54) is 11.1 Å². The first-order valence-corrected chi connectivity index (χ1v) is 16.0. The lowest BCUT2D eigenvalue weighted by Crippen LogP contribution is -2.40. The molecule has 0 aliphatic carbocycles. The molecule has 246 valence electrons. The minimum atomic E-state index is -1.07. The molecule has 4 heterocycles. The monoisotopic (exact) mass is 634 g/mol. The van der Waals surface area contributed by atoms with Gasteiger partial charge >= 0.3 is 11.9 Å². The number of hydrogen-bond acceptors (Lipinski definition) is 12. The fourth-order valence-corrected chi connectivity index (χ4v) is 5.94. The van der Waals surface area contributed by atoms with Crippen molar-refractivity contribution in [3.63, 3.8) is 0 Å². The van der Waals surface area contributed by atoms with Crippen molar-refractivity contribution in [3.8, 4) is 0 Å². The molecule has 0 saturated carbocycles. The van der Waals surface area contributed by atoms with Crippen molar-refractivity contribution in [1.29, 1.82) is 0 Å². The van der Waals surface area contributed by atoms with E-state index < -0.39 is 11.9 Å². The van der Waals surface area contributed by atoms with Gasteiger partial charge in [0.15, 0.2) is 0 Å². The van der Waals surface area contributed by atoms with Crippen molar-refractivity contribution in [1.82, 2.24) is 20.8 Å². The van der Waals surface area contributed by atoms with Crippen LogP contribution in [0.5, 0.6) is 0 Å². The van der Waals surface area contributed by atoms with Gasteiger partial charge in [-0.2, -0.15) is 0 Å². The molecule has 2 aromatic carbocycles. The number of likely N-dealkylation sites (tertiary alicyclic amines) is 2. The standard InChI is InChI=1S/C34H42N4O8/c39-33(45-35-29-5-11-37(23-29)13-19-41-15-7-25-1-3-31-27(21-25)9-17-43-31)34(40)46-36-30-6-12-38(24-30)14-20-42-16-8-26-2-4-32-28(22-26)10-18-44-32/h1-4,9-10,17-18,21-22,29-30,35-36H,5-8,11-16,19-20,23-24H2. The fraction of sp³-hybridized carbons (Fsp3) is 0.471. The molecule has 2 saturated heterocycles. The average molecular weight is 635 g/mol. The molecule has 12 nitrogen and oxygen atoms in total. The number of nitrogens with zero attached hydrogens (tertiary/aromatic N) is 2. The number of furan rings is 2. The lowest BCUT2D eigenvalue weighted by molar-refractivity contribution is -0.178. The SMILES string of the molecule is O=C(ONC1CCN(CCOCCc2ccc3occc3c2)C1)C(=O)ONC1CCN(CCOCCc2ccc3occc3c2)C1. The minimum absolute atomic E-state index is 0.0582. The fourth-order valence-electron chi connectivity index (χ4n) is 5.94. The quantitative estimate of drug-likeness (QED) is 0.107. The minimum Gasteiger partial charge on any atom is -0.464 e. The number of rotatable bonds is 16. The number of hydroxylamine groups is 2. The molecule has 2 N–H and O–H groups in total. The Balaban J connectivity index is 0.767. The van der Waals surface area contributed by atoms with E-state index in [9.17, 15) is 9.59 Å². The Hall–Kier alpha value is -3.78. The summed E-state index contributed by atoms with van der Waals surface area (Å²) >= 11 is 0. The summed E-state index contributed by atoms with van der Waals surface area (Å²) in [5.74, 6) is -2.14. The van der Waals surface area contributed by atoms with Crippen LogP contribution in [0.25, 0.3) is 21.9 Å². The first-order chi connectivity index (χ1) is 22.6. The Labute approximate surface area is 267 Å². The Bertz CT molecular complexity index is 1450. The number of hydrogen-bond donors (Lipinski definition) is 2. The second-order valence-corrected chi connectivity index (χ2v) is 11.9. The van der Waals surface area contributed by atoms with Crippen molar-refractivity contribution < 1.29 is 37.6 Å². The van der Waals surface area contributed by atoms with Crippen LogP contribution < -0.4 is 11.0 Å². The third-order valence-electron chi connectivity index (χ3n) is 8.56. The van der Waals surface area contributed by atoms with Crippen LogP contribution in [0, 0.1) is 0 Å². The molecule has 0 amide bonds. The summed E-state index contributed by atoms with van der Waals surface area (Å²) in [6, 6.07) is 16.2. The maximum Gasteiger partial charge on any atom is 0.437 e. The molecule has 4 aromatic rings. The largest absolute Gasteiger partial charge is 0.464 e. The molecule has 2 aromatic heterocycles. The summed E-state index contributed by atoms with van der Waals surface area (Å²) in [5.41, 5.74) is 9.65. The van der Waals surface area contributed by atoms with Crippen LogP contribution in [-0.2, 0) is 41.6 Å². The molecule has 46 heavy (non-hydrogen) atoms. The normalized spacial score (nSPS) is 19.0. The highest BCUT2D eigenvalue weighted by Gasteiger charge is 2.28. The molecule has 0 radical (unpaired) electrons. The smallest absolute Gasteiger partial charge is 0.437 e. The van der Waals surface area contributed by atoms with E-state index in [4.69, 9.17) is 28.0 Å². The highest BCUT2D eigenvalue weighted by Crippen LogP contribution is 2.18. The predicted octanol–water partition coefficient (Wildman–Crippen LogP) is 3.24. The molecule has 0 spiro atoms. The van der Waals surface area contributed by atoms with E-state index in [1.807, 2.05) is 24.3 Å². The Morgan fingerprint density at radius 3 is 1.63 bits per heavy atom. The van der Waals surface area contributed by atoms with E-state index in [2.05, 4.69) is 45.0 Å². The molecule has 2 unspecified atom stereocenters. The van der Waals surface area contributed by atoms with Gasteiger partial charge < -0.3 is 28.0 Å². The maximum absolute atomic E-state index is 12.2. The number of carbonyl (C=O) groups is 2. The third-order valence-corrected chi connectivity index (χ3v) is 8.56. The van der Waals surface area contributed by atoms with E-state index in [0.717, 1.165) is 73.8 Å². The van der Waals surface area contributed by atoms with Gasteiger partial charge in [-0.15, -0.1) is 11.0 Å². The van der Waals surface area contributed by atoms with Crippen LogP contribution in [0.1, 0.15) is 24.0 Å². The molecule has 12 heteroatoms. The molecule has 2 aliphatic heterocycles. The molecule has 2 atom stereocenters. The van der Waals surface area contributed by atoms with E-state index in [0.29, 0.717) is 39.5 Å². The Kier molecular flexibility index (Phi) is 11.3. The zero-order valence-corrected chi connectivity index (χ0v) is 26.0. The maximum atomic E-state index is 12.2. The van der Waals surface area contributed by atoms with E-state index in [-0.39, 0.29) is 12.1 Å². The first-order valence-electron chi connectivity index (χ1n) is 16.0. The van der Waals surface area contributed by atoms with Crippen LogP contribution in [0.3, 0.4) is 0 Å². The second kappa shape index (κ2) is 16.2. The van der Waals surface area contributed by atoms with Gasteiger partial charge in [-0.3, -0.25) is 9.80 Å². The van der Waals surface area contributed by atoms with Gasteiger partial charge in [0.2, 0.25) is 0 Å². The predicted molar refractivity (Wildman–Crippen MR) is 170 cm³/mol. The number of nitrogens with one attached hydrogen (secondary N) is 2. The zero-order chi connectivity index (χ0) is 31.6. The summed E-state index contributed by atoms with van der Waals surface area (Å²) in [6.07, 6.45) is 6.67. The van der Waals surface area contributed by atoms with Gasteiger partial charge in [-0.1, -0.05) is 12.1 Å². The average Bonchev–Trinajstić information content (AvgIpc) is 3.89. The second-order valence-electron chi connectivity index (χ2n) is 11.9. The van der Waals surface area contributed by atoms with E-state index >= 15 is 0 Å². The molecular formula is C34H42N4O8. The number of carbonyl (C=O) groups excluding carboxylic acids is 2. The lowest BCUT2D eigenvalue weighted by atomic mass is 10.1. The summed E-state index contributed by atoms with van der Waals surface area (Å²) in [5, 5.41) is 2.20. The van der Waals surface area contributed by atoms with Gasteiger partial charge in [0, 0.05) is 37.0 Å². The van der Waals surface area contributed by atoms with Crippen molar-refractivity contribution in [2.45, 2.75) is 37.8 Å². The number of fused-ring (bicyclic) bond motifs is 2. The summed E-state index contributed by atoms with van der Waals surface area (Å²) in [7, 11) is 0. The van der Waals surface area contributed by atoms with Crippen molar-refractivity contribution in [2.24, 2.45) is 0 Å². The third kappa shape index (κ3) is 9.15. The summed E-state index contributed by atoms with van der Waals surface area (Å²) in [4.78, 5) is 38.8. The number of benzene rings is 2. The van der Waals surface area contributed by atoms with E-state index in [1.54, 1.807) is 12.5 Å². The van der Waals surface area contributed by atoms with Gasteiger partial charge in [-0.25, -0.2) is 9.59 Å². The van der Waals surface area contributed by atoms with Crippen molar-refractivity contribution >= 4 is 33.9 Å². The topological polar surface area (TPSA) is 128 Å². The number of ether oxygens (including phenoxy) is 2. The molecule has 6 rings (SSSR count). The Morgan fingerprint density at radius 1 is 0.674 bits per heavy atom. The van der Waals surface area contributed by atoms with Gasteiger partial charge in [0.05, 0.1) is 51.0 Å². The van der Waals surface area contributed by atoms with Crippen molar-refractivity contribution in [3.05, 3.63) is 72.2 Å². The van der Waals surface area contributed by atoms with Gasteiger partial charge in [0.25, 0.3) is 0 Å². The lowest BCUT2D eigenvalue weighted by Gasteiger charge is -2.17. The van der Waals surface area contributed by atoms with Gasteiger partial charge in [-0.05, 0) is 86.3 Å². The molecule has 2 fully saturated rings. The summed E-state index contributed by atoms with van der Waals surface area (Å²) < 4.78 is 22.4. The molecular weight excluding hydrogens is 592 g/mol. The first kappa shape index (κ1) is 32.2. The highest BCUT2D eigenvalue weighted by molar-refractivity contribution is 6.29. The van der Waals surface area contributed by atoms with Gasteiger partial charge in [0.1, 0.15) is 11.2 Å². The Morgan fingerprint density at radius 2 is 1.15 bits per heavy atom. The summed E-state index contributed by atoms with van der Waals surface area (Å²) in [6.45, 7) is 7.20. The van der Waals surface area contributed by atoms with Crippen LogP contribution in [0.2, 0.25) is 0 Å². The van der Waals surface area contributed by atoms with Crippen molar-refractivity contribution in [2.75, 3.05) is 65.7 Å².